The molecule has 0 aliphatic heterocycles. The molecule has 1 N–H and O–H groups in total. The predicted molar refractivity (Wildman–Crippen MR) is 50.4 cm³/mol. The van der Waals surface area contributed by atoms with Crippen molar-refractivity contribution in [3.63, 3.8) is 0 Å². The van der Waals surface area contributed by atoms with Crippen molar-refractivity contribution >= 4 is 5.91 Å². The average molecular weight is 189 g/mol. The Balaban J connectivity index is 3.84. The number of rotatable bonds is 5. The van der Waals surface area contributed by atoms with Crippen molar-refractivity contribution in [2.75, 3.05) is 27.3 Å². The second kappa shape index (κ2) is 5.19. The van der Waals surface area contributed by atoms with E-state index in [9.17, 15) is 9.90 Å². The van der Waals surface area contributed by atoms with Gasteiger partial charge in [-0.3, -0.25) is 4.79 Å². The maximum atomic E-state index is 11.4. The van der Waals surface area contributed by atoms with Crippen LogP contribution >= 0.6 is 0 Å². The highest BCUT2D eigenvalue weighted by molar-refractivity contribution is 5.83. The summed E-state index contributed by atoms with van der Waals surface area (Å²) in [5.41, 5.74) is -1.28. The number of nitrogens with zero attached hydrogens (tertiary/aromatic N) is 1. The SMILES string of the molecule is COCCCN(C)C(=O)C(C)(C)O. The lowest BCUT2D eigenvalue weighted by atomic mass is 10.1. The maximum Gasteiger partial charge on any atom is 0.253 e. The van der Waals surface area contributed by atoms with E-state index < -0.39 is 5.60 Å². The topological polar surface area (TPSA) is 49.8 Å². The van der Waals surface area contributed by atoms with Crippen molar-refractivity contribution in [1.82, 2.24) is 4.90 Å². The predicted octanol–water partition coefficient (Wildman–Crippen LogP) is 0.252. The quantitative estimate of drug-likeness (QED) is 0.631. The molecule has 0 atom stereocenters. The smallest absolute Gasteiger partial charge is 0.253 e. The monoisotopic (exact) mass is 189 g/mol. The minimum atomic E-state index is -1.28. The summed E-state index contributed by atoms with van der Waals surface area (Å²) in [6.45, 7) is 4.21. The first-order valence-electron chi connectivity index (χ1n) is 4.36. The van der Waals surface area contributed by atoms with Gasteiger partial charge in [0.1, 0.15) is 5.60 Å². The number of hydrogen-bond donors (Lipinski definition) is 1. The van der Waals surface area contributed by atoms with E-state index in [4.69, 9.17) is 4.74 Å². The van der Waals surface area contributed by atoms with Crippen molar-refractivity contribution in [2.24, 2.45) is 0 Å². The number of methoxy groups -OCH3 is 1. The molecule has 1 amide bonds. The highest BCUT2D eigenvalue weighted by Crippen LogP contribution is 2.05. The molecule has 0 bridgehead atoms. The van der Waals surface area contributed by atoms with Gasteiger partial charge in [0.25, 0.3) is 5.91 Å². The normalized spacial score (nSPS) is 11.5. The molecule has 0 rings (SSSR count). The van der Waals surface area contributed by atoms with Crippen LogP contribution < -0.4 is 0 Å². The minimum Gasteiger partial charge on any atom is -0.385 e. The molecular formula is C9H19NO3. The van der Waals surface area contributed by atoms with Gasteiger partial charge in [0.2, 0.25) is 0 Å². The summed E-state index contributed by atoms with van der Waals surface area (Å²) in [6.07, 6.45) is 0.787. The average Bonchev–Trinajstić information content (AvgIpc) is 2.01. The fraction of sp³-hybridized carbons (Fsp3) is 0.889. The lowest BCUT2D eigenvalue weighted by Crippen LogP contribution is -2.43. The lowest BCUT2D eigenvalue weighted by molar-refractivity contribution is -0.146. The molecule has 78 valence electrons. The van der Waals surface area contributed by atoms with E-state index in [-0.39, 0.29) is 5.91 Å². The third-order valence-corrected chi connectivity index (χ3v) is 1.71. The first-order valence-corrected chi connectivity index (χ1v) is 4.36. The van der Waals surface area contributed by atoms with Crippen LogP contribution in [0.15, 0.2) is 0 Å². The van der Waals surface area contributed by atoms with Gasteiger partial charge in [0.05, 0.1) is 0 Å². The lowest BCUT2D eigenvalue weighted by Gasteiger charge is -2.24. The Kier molecular flexibility index (Phi) is 4.95. The van der Waals surface area contributed by atoms with Crippen LogP contribution in [-0.4, -0.2) is 48.8 Å². The van der Waals surface area contributed by atoms with Crippen LogP contribution in [0.3, 0.4) is 0 Å². The number of likely N-dealkylation sites (N-methyl/N-ethyl adjacent to an activating group) is 1. The van der Waals surface area contributed by atoms with E-state index in [0.29, 0.717) is 13.2 Å². The summed E-state index contributed by atoms with van der Waals surface area (Å²) in [5, 5.41) is 9.39. The van der Waals surface area contributed by atoms with Gasteiger partial charge < -0.3 is 14.7 Å². The zero-order valence-corrected chi connectivity index (χ0v) is 8.83. The number of ether oxygens (including phenoxy) is 1. The third kappa shape index (κ3) is 4.85. The van der Waals surface area contributed by atoms with Gasteiger partial charge in [0, 0.05) is 27.3 Å². The zero-order chi connectivity index (χ0) is 10.5. The number of carbonyl (C=O) groups is 1. The van der Waals surface area contributed by atoms with E-state index in [2.05, 4.69) is 0 Å². The number of aliphatic hydroxyl groups is 1. The first-order chi connectivity index (χ1) is 5.89. The van der Waals surface area contributed by atoms with Crippen molar-refractivity contribution in [3.05, 3.63) is 0 Å². The van der Waals surface area contributed by atoms with Gasteiger partial charge in [-0.2, -0.15) is 0 Å². The molecule has 0 fully saturated rings. The van der Waals surface area contributed by atoms with Gasteiger partial charge in [0.15, 0.2) is 0 Å². The Morgan fingerprint density at radius 2 is 2.08 bits per heavy atom. The van der Waals surface area contributed by atoms with Crippen molar-refractivity contribution in [1.29, 1.82) is 0 Å². The van der Waals surface area contributed by atoms with Gasteiger partial charge in [-0.05, 0) is 20.3 Å². The van der Waals surface area contributed by atoms with Gasteiger partial charge in [-0.1, -0.05) is 0 Å². The standard InChI is InChI=1S/C9H19NO3/c1-9(2,12)8(11)10(3)6-5-7-13-4/h12H,5-7H2,1-4H3. The number of amides is 1. The summed E-state index contributed by atoms with van der Waals surface area (Å²) in [5.74, 6) is -0.261. The summed E-state index contributed by atoms with van der Waals surface area (Å²) in [4.78, 5) is 12.9. The number of carbonyl (C=O) groups excluding carboxylic acids is 1. The Hall–Kier alpha value is -0.610. The molecule has 0 aromatic carbocycles. The van der Waals surface area contributed by atoms with E-state index in [1.165, 1.54) is 18.7 Å². The van der Waals surface area contributed by atoms with Crippen LogP contribution in [0.1, 0.15) is 20.3 Å². The van der Waals surface area contributed by atoms with Gasteiger partial charge in [-0.25, -0.2) is 0 Å². The molecule has 0 saturated carbocycles. The summed E-state index contributed by atoms with van der Waals surface area (Å²) >= 11 is 0. The second-order valence-electron chi connectivity index (χ2n) is 3.63. The van der Waals surface area contributed by atoms with E-state index >= 15 is 0 Å². The van der Waals surface area contributed by atoms with Gasteiger partial charge in [-0.15, -0.1) is 0 Å². The molecule has 0 radical (unpaired) electrons. The Bertz CT molecular complexity index is 163. The fourth-order valence-corrected chi connectivity index (χ4v) is 1.01. The molecule has 4 nitrogen and oxygen atoms in total. The Morgan fingerprint density at radius 3 is 2.46 bits per heavy atom. The van der Waals surface area contributed by atoms with Gasteiger partial charge >= 0.3 is 0 Å². The van der Waals surface area contributed by atoms with Crippen LogP contribution in [-0.2, 0) is 9.53 Å². The Labute approximate surface area is 79.5 Å². The summed E-state index contributed by atoms with van der Waals surface area (Å²) < 4.78 is 4.86. The molecule has 13 heavy (non-hydrogen) atoms. The van der Waals surface area contributed by atoms with Crippen LogP contribution in [0.5, 0.6) is 0 Å². The second-order valence-corrected chi connectivity index (χ2v) is 3.63. The first kappa shape index (κ1) is 12.4. The molecule has 0 unspecified atom stereocenters. The zero-order valence-electron chi connectivity index (χ0n) is 8.83. The summed E-state index contributed by atoms with van der Waals surface area (Å²) in [6, 6.07) is 0. The van der Waals surface area contributed by atoms with E-state index in [1.54, 1.807) is 14.2 Å². The summed E-state index contributed by atoms with van der Waals surface area (Å²) in [7, 11) is 3.30. The van der Waals surface area contributed by atoms with Crippen molar-refractivity contribution in [3.8, 4) is 0 Å². The number of hydrogen-bond acceptors (Lipinski definition) is 3. The van der Waals surface area contributed by atoms with Crippen LogP contribution in [0.4, 0.5) is 0 Å². The molecule has 0 aliphatic rings. The molecule has 4 heteroatoms. The van der Waals surface area contributed by atoms with E-state index in [1.807, 2.05) is 0 Å². The molecule has 0 aromatic rings. The van der Waals surface area contributed by atoms with Crippen molar-refractivity contribution < 1.29 is 14.6 Å². The van der Waals surface area contributed by atoms with Crippen LogP contribution in [0.25, 0.3) is 0 Å². The molecule has 0 aliphatic carbocycles. The highest BCUT2D eigenvalue weighted by Gasteiger charge is 2.26. The maximum absolute atomic E-state index is 11.4. The Morgan fingerprint density at radius 1 is 1.54 bits per heavy atom. The van der Waals surface area contributed by atoms with Crippen LogP contribution in [0.2, 0.25) is 0 Å². The molecule has 0 saturated heterocycles. The van der Waals surface area contributed by atoms with Crippen molar-refractivity contribution in [2.45, 2.75) is 25.9 Å². The molecule has 0 aromatic heterocycles. The third-order valence-electron chi connectivity index (χ3n) is 1.71. The largest absolute Gasteiger partial charge is 0.385 e. The van der Waals surface area contributed by atoms with E-state index in [0.717, 1.165) is 6.42 Å². The highest BCUT2D eigenvalue weighted by atomic mass is 16.5. The molecular weight excluding hydrogens is 170 g/mol. The van der Waals surface area contributed by atoms with Crippen LogP contribution in [0, 0.1) is 0 Å². The molecule has 0 heterocycles. The fourth-order valence-electron chi connectivity index (χ4n) is 1.01. The minimum absolute atomic E-state index is 0.261. The molecule has 0 spiro atoms.